The first-order valence-corrected chi connectivity index (χ1v) is 6.70. The molecule has 1 aliphatic carbocycles. The number of aliphatic hydroxyl groups is 1. The first-order valence-electron chi connectivity index (χ1n) is 6.32. The molecule has 1 aliphatic rings. The van der Waals surface area contributed by atoms with Gasteiger partial charge in [0.15, 0.2) is 0 Å². The third-order valence-electron chi connectivity index (χ3n) is 3.75. The molecule has 0 spiro atoms. The molecule has 1 N–H and O–H groups in total. The largest absolute Gasteiger partial charge is 0.383 e. The Balaban J connectivity index is 2.40. The first kappa shape index (κ1) is 12.9. The molecule has 0 aromatic carbocycles. The van der Waals surface area contributed by atoms with E-state index in [-0.39, 0.29) is 5.41 Å². The average molecular weight is 257 g/mol. The third kappa shape index (κ3) is 2.36. The van der Waals surface area contributed by atoms with E-state index in [1.54, 1.807) is 6.20 Å². The lowest BCUT2D eigenvalue weighted by Gasteiger charge is -2.41. The second-order valence-corrected chi connectivity index (χ2v) is 6.29. The maximum absolute atomic E-state index is 10.9. The normalized spacial score (nSPS) is 28.3. The number of aryl methyl sites for hydroxylation is 1. The smallest absolute Gasteiger partial charge is 0.108 e. The number of nitrogens with zero attached hydrogens (tertiary/aromatic N) is 2. The lowest BCUT2D eigenvalue weighted by atomic mass is 9.68. The monoisotopic (exact) mass is 256 g/mol. The molecule has 0 radical (unpaired) electrons. The van der Waals surface area contributed by atoms with Gasteiger partial charge >= 0.3 is 0 Å². The summed E-state index contributed by atoms with van der Waals surface area (Å²) in [5.41, 5.74) is 0.152. The summed E-state index contributed by atoms with van der Waals surface area (Å²) >= 11 is 6.20. The lowest BCUT2D eigenvalue weighted by Crippen LogP contribution is -2.38. The van der Waals surface area contributed by atoms with Crippen molar-refractivity contribution in [3.63, 3.8) is 0 Å². The lowest BCUT2D eigenvalue weighted by molar-refractivity contribution is -0.0503. The van der Waals surface area contributed by atoms with Gasteiger partial charge in [0.2, 0.25) is 0 Å². The Kier molecular flexibility index (Phi) is 3.25. The second kappa shape index (κ2) is 4.29. The van der Waals surface area contributed by atoms with Crippen LogP contribution in [0, 0.1) is 5.41 Å². The summed E-state index contributed by atoms with van der Waals surface area (Å²) < 4.78 is 1.82. The molecule has 17 heavy (non-hydrogen) atoms. The molecule has 0 bridgehead atoms. The van der Waals surface area contributed by atoms with Gasteiger partial charge in [-0.05, 0) is 38.0 Å². The summed E-state index contributed by atoms with van der Waals surface area (Å²) in [6.45, 7) is 7.17. The maximum Gasteiger partial charge on any atom is 0.108 e. The van der Waals surface area contributed by atoms with E-state index in [1.807, 2.05) is 11.6 Å². The highest BCUT2D eigenvalue weighted by Gasteiger charge is 2.42. The van der Waals surface area contributed by atoms with Crippen LogP contribution in [0.25, 0.3) is 0 Å². The molecule has 1 atom stereocenters. The summed E-state index contributed by atoms with van der Waals surface area (Å²) in [5.74, 6) is 0. The summed E-state index contributed by atoms with van der Waals surface area (Å²) in [7, 11) is 0. The van der Waals surface area contributed by atoms with Crippen molar-refractivity contribution in [2.45, 2.75) is 58.6 Å². The van der Waals surface area contributed by atoms with E-state index in [4.69, 9.17) is 11.6 Å². The van der Waals surface area contributed by atoms with Crippen molar-refractivity contribution in [3.05, 3.63) is 16.9 Å². The second-order valence-electron chi connectivity index (χ2n) is 5.88. The minimum Gasteiger partial charge on any atom is -0.383 e. The summed E-state index contributed by atoms with van der Waals surface area (Å²) in [6.07, 6.45) is 5.37. The number of rotatable bonds is 2. The Hall–Kier alpha value is -0.540. The van der Waals surface area contributed by atoms with Crippen LogP contribution in [0.3, 0.4) is 0 Å². The van der Waals surface area contributed by atoms with Crippen LogP contribution < -0.4 is 0 Å². The van der Waals surface area contributed by atoms with Gasteiger partial charge in [-0.15, -0.1) is 0 Å². The van der Waals surface area contributed by atoms with E-state index >= 15 is 0 Å². The van der Waals surface area contributed by atoms with E-state index in [0.717, 1.165) is 37.9 Å². The summed E-state index contributed by atoms with van der Waals surface area (Å²) in [5, 5.41) is 15.7. The van der Waals surface area contributed by atoms with E-state index < -0.39 is 5.60 Å². The number of hydrogen-bond acceptors (Lipinski definition) is 2. The Morgan fingerprint density at radius 1 is 1.47 bits per heavy atom. The van der Waals surface area contributed by atoms with Gasteiger partial charge in [0.1, 0.15) is 5.60 Å². The fourth-order valence-corrected chi connectivity index (χ4v) is 3.41. The van der Waals surface area contributed by atoms with Crippen molar-refractivity contribution in [2.75, 3.05) is 0 Å². The van der Waals surface area contributed by atoms with Crippen LogP contribution in [0.1, 0.15) is 52.1 Å². The molecule has 2 rings (SSSR count). The predicted molar refractivity (Wildman–Crippen MR) is 69.1 cm³/mol. The molecule has 1 saturated carbocycles. The van der Waals surface area contributed by atoms with Gasteiger partial charge in [0.25, 0.3) is 0 Å². The van der Waals surface area contributed by atoms with Gasteiger partial charge in [-0.3, -0.25) is 4.68 Å². The fraction of sp³-hybridized carbons (Fsp3) is 0.769. The van der Waals surface area contributed by atoms with Crippen LogP contribution >= 0.6 is 11.6 Å². The first-order chi connectivity index (χ1) is 7.88. The van der Waals surface area contributed by atoms with Crippen LogP contribution in [0.4, 0.5) is 0 Å². The number of aromatic nitrogens is 2. The molecule has 4 heteroatoms. The topological polar surface area (TPSA) is 38.0 Å². The third-order valence-corrected chi connectivity index (χ3v) is 4.03. The highest BCUT2D eigenvalue weighted by molar-refractivity contribution is 6.31. The van der Waals surface area contributed by atoms with Gasteiger partial charge in [-0.25, -0.2) is 0 Å². The predicted octanol–water partition coefficient (Wildman–Crippen LogP) is 3.34. The number of halogens is 1. The van der Waals surface area contributed by atoms with Crippen LogP contribution in [0.5, 0.6) is 0 Å². The molecule has 3 nitrogen and oxygen atoms in total. The molecule has 1 fully saturated rings. The average Bonchev–Trinajstić information content (AvgIpc) is 2.58. The highest BCUT2D eigenvalue weighted by atomic mass is 35.5. The zero-order valence-electron chi connectivity index (χ0n) is 10.8. The maximum atomic E-state index is 10.9. The van der Waals surface area contributed by atoms with Crippen molar-refractivity contribution >= 4 is 11.6 Å². The van der Waals surface area contributed by atoms with Crippen molar-refractivity contribution in [1.29, 1.82) is 0 Å². The number of hydrogen-bond donors (Lipinski definition) is 1. The van der Waals surface area contributed by atoms with Crippen molar-refractivity contribution in [3.8, 4) is 0 Å². The van der Waals surface area contributed by atoms with Crippen LogP contribution in [-0.2, 0) is 12.1 Å². The Bertz CT molecular complexity index is 414. The Morgan fingerprint density at radius 2 is 2.18 bits per heavy atom. The minimum atomic E-state index is -0.814. The van der Waals surface area contributed by atoms with Crippen LogP contribution in [0.2, 0.25) is 5.02 Å². The molecular weight excluding hydrogens is 236 g/mol. The van der Waals surface area contributed by atoms with Gasteiger partial charge in [-0.2, -0.15) is 5.10 Å². The molecular formula is C13H21ClN2O. The molecule has 1 unspecified atom stereocenters. The molecule has 0 aliphatic heterocycles. The van der Waals surface area contributed by atoms with Gasteiger partial charge in [0, 0.05) is 6.54 Å². The molecule has 0 amide bonds. The molecule has 1 aromatic heterocycles. The van der Waals surface area contributed by atoms with Crippen LogP contribution in [0.15, 0.2) is 6.20 Å². The quantitative estimate of drug-likeness (QED) is 0.881. The van der Waals surface area contributed by atoms with E-state index in [0.29, 0.717) is 5.02 Å². The zero-order valence-corrected chi connectivity index (χ0v) is 11.6. The van der Waals surface area contributed by atoms with E-state index in [1.165, 1.54) is 0 Å². The minimum absolute atomic E-state index is 0.166. The van der Waals surface area contributed by atoms with Crippen molar-refractivity contribution in [1.82, 2.24) is 9.78 Å². The SMILES string of the molecule is CCn1ncc(Cl)c1C1(O)CCCC(C)(C)C1. The Labute approximate surface area is 108 Å². The van der Waals surface area contributed by atoms with E-state index in [2.05, 4.69) is 18.9 Å². The molecule has 1 aromatic rings. The summed E-state index contributed by atoms with van der Waals surface area (Å²) in [4.78, 5) is 0. The molecule has 96 valence electrons. The highest BCUT2D eigenvalue weighted by Crippen LogP contribution is 2.47. The van der Waals surface area contributed by atoms with Crippen LogP contribution in [-0.4, -0.2) is 14.9 Å². The van der Waals surface area contributed by atoms with Gasteiger partial charge < -0.3 is 5.11 Å². The molecule has 1 heterocycles. The van der Waals surface area contributed by atoms with Gasteiger partial charge in [-0.1, -0.05) is 25.4 Å². The van der Waals surface area contributed by atoms with Crippen molar-refractivity contribution < 1.29 is 5.11 Å². The van der Waals surface area contributed by atoms with Gasteiger partial charge in [0.05, 0.1) is 16.9 Å². The molecule has 0 saturated heterocycles. The Morgan fingerprint density at radius 3 is 2.76 bits per heavy atom. The summed E-state index contributed by atoms with van der Waals surface area (Å²) in [6, 6.07) is 0. The van der Waals surface area contributed by atoms with Crippen molar-refractivity contribution in [2.24, 2.45) is 5.41 Å². The zero-order chi connectivity index (χ0) is 12.7. The fourth-order valence-electron chi connectivity index (χ4n) is 3.09. The van der Waals surface area contributed by atoms with E-state index in [9.17, 15) is 5.11 Å². The standard InChI is InChI=1S/C13H21ClN2O/c1-4-16-11(10(14)8-15-16)13(17)7-5-6-12(2,3)9-13/h8,17H,4-7,9H2,1-3H3.